The average Bonchev–Trinajstić information content (AvgIpc) is 2.33. The summed E-state index contributed by atoms with van der Waals surface area (Å²) in [5.74, 6) is 3.49. The van der Waals surface area contributed by atoms with Crippen molar-refractivity contribution in [1.82, 2.24) is 4.90 Å². The summed E-state index contributed by atoms with van der Waals surface area (Å²) in [5.41, 5.74) is 0. The summed E-state index contributed by atoms with van der Waals surface area (Å²) in [5, 5.41) is 0. The van der Waals surface area contributed by atoms with Crippen LogP contribution in [-0.2, 0) is 0 Å². The zero-order valence-electron chi connectivity index (χ0n) is 10.4. The Hall–Kier alpha value is -0.740. The number of fused-ring (bicyclic) bond motifs is 1. The van der Waals surface area contributed by atoms with Crippen LogP contribution in [0, 0.1) is 18.3 Å². The summed E-state index contributed by atoms with van der Waals surface area (Å²) >= 11 is 0. The summed E-state index contributed by atoms with van der Waals surface area (Å²) in [6.45, 7) is 3.74. The molecule has 0 saturated carbocycles. The van der Waals surface area contributed by atoms with Crippen molar-refractivity contribution < 1.29 is 0 Å². The Balaban J connectivity index is 1.98. The third kappa shape index (κ3) is 2.50. The van der Waals surface area contributed by atoms with E-state index < -0.39 is 0 Å². The molecule has 2 fully saturated rings. The lowest BCUT2D eigenvalue weighted by Crippen LogP contribution is -2.52. The van der Waals surface area contributed by atoms with Gasteiger partial charge < -0.3 is 0 Å². The molecule has 2 aliphatic heterocycles. The molecular formula is C15H23N. The van der Waals surface area contributed by atoms with Crippen molar-refractivity contribution in [2.75, 3.05) is 6.54 Å². The molecule has 2 rings (SSSR count). The minimum atomic E-state index is 0.756. The molecule has 3 atom stereocenters. The molecule has 0 spiro atoms. The second-order valence-corrected chi connectivity index (χ2v) is 5.31. The van der Waals surface area contributed by atoms with E-state index in [1.165, 1.54) is 38.6 Å². The molecule has 1 heteroatoms. The monoisotopic (exact) mass is 217 g/mol. The van der Waals surface area contributed by atoms with Crippen LogP contribution in [0.1, 0.15) is 45.4 Å². The average molecular weight is 217 g/mol. The van der Waals surface area contributed by atoms with E-state index in [0.29, 0.717) is 0 Å². The molecule has 0 aliphatic carbocycles. The molecular weight excluding hydrogens is 194 g/mol. The van der Waals surface area contributed by atoms with Gasteiger partial charge in [-0.05, 0) is 50.6 Å². The highest BCUT2D eigenvalue weighted by atomic mass is 15.2. The van der Waals surface area contributed by atoms with Crippen LogP contribution < -0.4 is 0 Å². The molecule has 0 N–H and O–H groups in total. The molecule has 0 aromatic rings. The van der Waals surface area contributed by atoms with Crippen LogP contribution in [0.2, 0.25) is 0 Å². The van der Waals surface area contributed by atoms with Crippen molar-refractivity contribution in [3.63, 3.8) is 0 Å². The minimum absolute atomic E-state index is 0.756. The number of terminal acetylenes is 1. The van der Waals surface area contributed by atoms with Gasteiger partial charge in [0, 0.05) is 12.1 Å². The van der Waals surface area contributed by atoms with E-state index in [1.807, 2.05) is 6.08 Å². The maximum absolute atomic E-state index is 5.25. The highest BCUT2D eigenvalue weighted by molar-refractivity contribution is 5.09. The lowest BCUT2D eigenvalue weighted by molar-refractivity contribution is 0.0192. The van der Waals surface area contributed by atoms with Gasteiger partial charge in [0.1, 0.15) is 0 Å². The fourth-order valence-electron chi connectivity index (χ4n) is 3.40. The number of nitrogens with zero attached hydrogens (tertiary/aromatic N) is 1. The van der Waals surface area contributed by atoms with Gasteiger partial charge in [-0.3, -0.25) is 4.90 Å². The van der Waals surface area contributed by atoms with E-state index in [1.54, 1.807) is 0 Å². The van der Waals surface area contributed by atoms with E-state index >= 15 is 0 Å². The van der Waals surface area contributed by atoms with Gasteiger partial charge in [0.15, 0.2) is 0 Å². The number of piperidine rings is 2. The first-order valence-electron chi connectivity index (χ1n) is 6.70. The van der Waals surface area contributed by atoms with E-state index in [-0.39, 0.29) is 0 Å². The highest BCUT2D eigenvalue weighted by Gasteiger charge is 2.35. The van der Waals surface area contributed by atoms with Crippen molar-refractivity contribution in [2.45, 2.75) is 57.5 Å². The molecule has 0 amide bonds. The number of rotatable bonds is 2. The molecule has 2 heterocycles. The van der Waals surface area contributed by atoms with Gasteiger partial charge in [-0.2, -0.15) is 0 Å². The molecule has 0 aromatic heterocycles. The van der Waals surface area contributed by atoms with Crippen LogP contribution in [0.4, 0.5) is 0 Å². The van der Waals surface area contributed by atoms with Crippen molar-refractivity contribution in [1.29, 1.82) is 0 Å². The molecule has 0 bridgehead atoms. The Labute approximate surface area is 99.9 Å². The Morgan fingerprint density at radius 2 is 2.19 bits per heavy atom. The standard InChI is InChI=1S/C15H23N/c1-3-4-5-8-14-11-10-13(2)15-9-6-7-12-16(14)15/h1,4-5,13-15H,6-12H2,2H3/b5-4-/t13-,14-,15+/m1/s1. The Kier molecular flexibility index (Phi) is 4.07. The first-order valence-corrected chi connectivity index (χ1v) is 6.70. The first-order chi connectivity index (χ1) is 7.83. The lowest BCUT2D eigenvalue weighted by Gasteiger charge is -2.48. The maximum atomic E-state index is 5.25. The van der Waals surface area contributed by atoms with Crippen molar-refractivity contribution in [3.05, 3.63) is 12.2 Å². The van der Waals surface area contributed by atoms with Gasteiger partial charge >= 0.3 is 0 Å². The van der Waals surface area contributed by atoms with E-state index in [9.17, 15) is 0 Å². The fourth-order valence-corrected chi connectivity index (χ4v) is 3.40. The van der Waals surface area contributed by atoms with Crippen LogP contribution in [0.25, 0.3) is 0 Å². The van der Waals surface area contributed by atoms with Crippen LogP contribution in [0.5, 0.6) is 0 Å². The molecule has 16 heavy (non-hydrogen) atoms. The van der Waals surface area contributed by atoms with Crippen LogP contribution >= 0.6 is 0 Å². The molecule has 2 saturated heterocycles. The zero-order valence-corrected chi connectivity index (χ0v) is 10.4. The third-order valence-electron chi connectivity index (χ3n) is 4.30. The fraction of sp³-hybridized carbons (Fsp3) is 0.733. The van der Waals surface area contributed by atoms with E-state index in [2.05, 4.69) is 23.8 Å². The van der Waals surface area contributed by atoms with Crippen molar-refractivity contribution in [2.24, 2.45) is 5.92 Å². The van der Waals surface area contributed by atoms with Gasteiger partial charge in [-0.25, -0.2) is 0 Å². The Morgan fingerprint density at radius 1 is 1.31 bits per heavy atom. The second kappa shape index (κ2) is 5.55. The van der Waals surface area contributed by atoms with Gasteiger partial charge in [0.05, 0.1) is 0 Å². The van der Waals surface area contributed by atoms with Gasteiger partial charge in [-0.15, -0.1) is 6.42 Å². The van der Waals surface area contributed by atoms with Crippen molar-refractivity contribution >= 4 is 0 Å². The Bertz CT molecular complexity index is 286. The second-order valence-electron chi connectivity index (χ2n) is 5.31. The van der Waals surface area contributed by atoms with Crippen LogP contribution in [0.3, 0.4) is 0 Å². The van der Waals surface area contributed by atoms with Crippen LogP contribution in [0.15, 0.2) is 12.2 Å². The topological polar surface area (TPSA) is 3.24 Å². The molecule has 2 aliphatic rings. The number of hydrogen-bond acceptors (Lipinski definition) is 1. The lowest BCUT2D eigenvalue weighted by atomic mass is 9.81. The summed E-state index contributed by atoms with van der Waals surface area (Å²) in [4.78, 5) is 2.76. The zero-order chi connectivity index (χ0) is 11.4. The summed E-state index contributed by atoms with van der Waals surface area (Å²) in [6, 6.07) is 1.61. The summed E-state index contributed by atoms with van der Waals surface area (Å²) in [6.07, 6.45) is 17.4. The molecule has 1 nitrogen and oxygen atoms in total. The predicted molar refractivity (Wildman–Crippen MR) is 69.1 cm³/mol. The molecule has 0 aromatic carbocycles. The minimum Gasteiger partial charge on any atom is -0.297 e. The van der Waals surface area contributed by atoms with Crippen LogP contribution in [-0.4, -0.2) is 23.5 Å². The summed E-state index contributed by atoms with van der Waals surface area (Å²) < 4.78 is 0. The molecule has 88 valence electrons. The van der Waals surface area contributed by atoms with Gasteiger partial charge in [-0.1, -0.05) is 25.3 Å². The van der Waals surface area contributed by atoms with Crippen molar-refractivity contribution in [3.8, 4) is 12.3 Å². The largest absolute Gasteiger partial charge is 0.297 e. The predicted octanol–water partition coefficient (Wildman–Crippen LogP) is 3.22. The normalized spacial score (nSPS) is 35.9. The highest BCUT2D eigenvalue weighted by Crippen LogP contribution is 2.35. The van der Waals surface area contributed by atoms with E-state index in [4.69, 9.17) is 6.42 Å². The molecule has 0 unspecified atom stereocenters. The molecule has 0 radical (unpaired) electrons. The van der Waals surface area contributed by atoms with E-state index in [0.717, 1.165) is 24.4 Å². The quantitative estimate of drug-likeness (QED) is 0.642. The first kappa shape index (κ1) is 11.7. The smallest absolute Gasteiger partial charge is 0.0133 e. The number of hydrogen-bond donors (Lipinski definition) is 0. The third-order valence-corrected chi connectivity index (χ3v) is 4.30. The summed E-state index contributed by atoms with van der Waals surface area (Å²) in [7, 11) is 0. The maximum Gasteiger partial charge on any atom is 0.0133 e. The SMILES string of the molecule is C#C/C=C\C[C@@H]1CC[C@@H](C)[C@@H]2CCCCN12. The van der Waals surface area contributed by atoms with Gasteiger partial charge in [0.2, 0.25) is 0 Å². The Morgan fingerprint density at radius 3 is 3.00 bits per heavy atom. The number of allylic oxidation sites excluding steroid dienone is 1. The van der Waals surface area contributed by atoms with Gasteiger partial charge in [0.25, 0.3) is 0 Å².